The van der Waals surface area contributed by atoms with Gasteiger partial charge < -0.3 is 25.5 Å². The number of rotatable bonds is 9. The van der Waals surface area contributed by atoms with Crippen LogP contribution in [0.2, 0.25) is 0 Å². The van der Waals surface area contributed by atoms with Crippen molar-refractivity contribution in [3.05, 3.63) is 72.8 Å². The Bertz CT molecular complexity index is 1030. The summed E-state index contributed by atoms with van der Waals surface area (Å²) in [6, 6.07) is 24.8. The smallest absolute Gasteiger partial charge is 0.129 e. The molecule has 1 aromatic heterocycles. The van der Waals surface area contributed by atoms with Gasteiger partial charge in [-0.25, -0.2) is 0 Å². The first-order valence-electron chi connectivity index (χ1n) is 9.52. The van der Waals surface area contributed by atoms with E-state index in [4.69, 9.17) is 4.74 Å². The van der Waals surface area contributed by atoms with Crippen LogP contribution in [0.4, 0.5) is 5.69 Å². The zero-order valence-electron chi connectivity index (χ0n) is 15.6. The summed E-state index contributed by atoms with van der Waals surface area (Å²) < 4.78 is 5.94. The van der Waals surface area contributed by atoms with Gasteiger partial charge in [0, 0.05) is 41.6 Å². The van der Waals surface area contributed by atoms with Gasteiger partial charge in [-0.15, -0.1) is 0 Å². The van der Waals surface area contributed by atoms with Crippen LogP contribution in [0.3, 0.4) is 0 Å². The predicted molar refractivity (Wildman–Crippen MR) is 114 cm³/mol. The molecule has 4 rings (SSSR count). The Morgan fingerprint density at radius 2 is 1.79 bits per heavy atom. The number of aliphatic hydroxyl groups excluding tert-OH is 1. The average Bonchev–Trinajstić information content (AvgIpc) is 3.12. The number of H-pyrrole nitrogens is 1. The molecule has 0 aliphatic rings. The molecule has 0 saturated carbocycles. The van der Waals surface area contributed by atoms with E-state index in [1.54, 1.807) is 0 Å². The summed E-state index contributed by atoms with van der Waals surface area (Å²) in [6.07, 6.45) is -0.577. The molecule has 1 unspecified atom stereocenters. The topological polar surface area (TPSA) is 69.3 Å². The van der Waals surface area contributed by atoms with Crippen molar-refractivity contribution in [2.24, 2.45) is 0 Å². The quantitative estimate of drug-likeness (QED) is 0.338. The number of aromatic amines is 1. The van der Waals surface area contributed by atoms with Crippen molar-refractivity contribution in [3.63, 3.8) is 0 Å². The number of aliphatic hydroxyl groups is 1. The number of para-hydroxylation sites is 1. The molecule has 0 fully saturated rings. The maximum absolute atomic E-state index is 10.2. The van der Waals surface area contributed by atoms with Crippen molar-refractivity contribution in [1.82, 2.24) is 10.3 Å². The highest BCUT2D eigenvalue weighted by atomic mass is 16.5. The highest BCUT2D eigenvalue weighted by molar-refractivity contribution is 6.10. The van der Waals surface area contributed by atoms with E-state index in [1.165, 1.54) is 0 Å². The number of hydrogen-bond acceptors (Lipinski definition) is 4. The van der Waals surface area contributed by atoms with E-state index in [1.807, 2.05) is 54.6 Å². The fourth-order valence-electron chi connectivity index (χ4n) is 3.30. The minimum atomic E-state index is -0.577. The molecule has 4 N–H and O–H groups in total. The molecule has 1 atom stereocenters. The van der Waals surface area contributed by atoms with Gasteiger partial charge in [0.2, 0.25) is 0 Å². The van der Waals surface area contributed by atoms with E-state index in [0.29, 0.717) is 6.54 Å². The molecule has 0 saturated heterocycles. The Morgan fingerprint density at radius 3 is 2.68 bits per heavy atom. The lowest BCUT2D eigenvalue weighted by atomic mass is 10.1. The molecule has 0 aliphatic carbocycles. The molecule has 3 aromatic carbocycles. The van der Waals surface area contributed by atoms with Crippen LogP contribution in [0.1, 0.15) is 0 Å². The molecule has 1 radical (unpaired) electrons. The van der Waals surface area contributed by atoms with Crippen molar-refractivity contribution in [3.8, 4) is 5.75 Å². The van der Waals surface area contributed by atoms with Gasteiger partial charge in [-0.05, 0) is 36.4 Å². The summed E-state index contributed by atoms with van der Waals surface area (Å²) in [4.78, 5) is 3.40. The zero-order valence-corrected chi connectivity index (χ0v) is 15.6. The highest BCUT2D eigenvalue weighted by Crippen LogP contribution is 2.32. The summed E-state index contributed by atoms with van der Waals surface area (Å²) in [5.74, 6) is 0.788. The largest absolute Gasteiger partial charge is 0.490 e. The SMILES string of the molecule is OC(CNCCNc1cc[c]cc1)COc1cccc2[nH]c3ccccc3c12. The van der Waals surface area contributed by atoms with Gasteiger partial charge >= 0.3 is 0 Å². The van der Waals surface area contributed by atoms with Crippen molar-refractivity contribution in [1.29, 1.82) is 0 Å². The van der Waals surface area contributed by atoms with Crippen LogP contribution in [0, 0.1) is 6.07 Å². The molecule has 5 nitrogen and oxygen atoms in total. The van der Waals surface area contributed by atoms with Crippen molar-refractivity contribution in [2.75, 3.05) is 31.6 Å². The second-order valence-electron chi connectivity index (χ2n) is 6.73. The van der Waals surface area contributed by atoms with Gasteiger partial charge in [0.1, 0.15) is 18.5 Å². The Morgan fingerprint density at radius 1 is 0.964 bits per heavy atom. The normalized spacial score (nSPS) is 12.3. The first-order chi connectivity index (χ1) is 13.8. The number of nitrogens with one attached hydrogen (secondary N) is 3. The molecule has 0 amide bonds. The van der Waals surface area contributed by atoms with Crippen LogP contribution >= 0.6 is 0 Å². The third-order valence-electron chi connectivity index (χ3n) is 4.65. The van der Waals surface area contributed by atoms with Gasteiger partial charge in [0.15, 0.2) is 0 Å². The summed E-state index contributed by atoms with van der Waals surface area (Å²) in [6.45, 7) is 2.27. The van der Waals surface area contributed by atoms with Crippen LogP contribution in [0.15, 0.2) is 66.7 Å². The minimum Gasteiger partial charge on any atom is -0.490 e. The number of fused-ring (bicyclic) bond motifs is 3. The second kappa shape index (κ2) is 8.78. The van der Waals surface area contributed by atoms with Crippen LogP contribution in [0.5, 0.6) is 5.75 Å². The summed E-state index contributed by atoms with van der Waals surface area (Å²) in [5.41, 5.74) is 3.19. The van der Waals surface area contributed by atoms with E-state index in [0.717, 1.165) is 46.3 Å². The van der Waals surface area contributed by atoms with Gasteiger partial charge in [-0.2, -0.15) is 0 Å². The van der Waals surface area contributed by atoms with Gasteiger partial charge in [-0.1, -0.05) is 36.4 Å². The van der Waals surface area contributed by atoms with Crippen LogP contribution in [-0.4, -0.2) is 42.4 Å². The maximum Gasteiger partial charge on any atom is 0.129 e. The number of ether oxygens (including phenoxy) is 1. The summed E-state index contributed by atoms with van der Waals surface area (Å²) >= 11 is 0. The van der Waals surface area contributed by atoms with E-state index < -0.39 is 6.10 Å². The summed E-state index contributed by atoms with van der Waals surface area (Å²) in [5, 5.41) is 19.0. The van der Waals surface area contributed by atoms with Crippen molar-refractivity contribution >= 4 is 27.5 Å². The first kappa shape index (κ1) is 18.3. The molecular weight excluding hydrogens is 350 g/mol. The van der Waals surface area contributed by atoms with E-state index in [2.05, 4.69) is 33.8 Å². The molecule has 0 bridgehead atoms. The first-order valence-corrected chi connectivity index (χ1v) is 9.52. The third kappa shape index (κ3) is 4.27. The molecule has 1 heterocycles. The van der Waals surface area contributed by atoms with Gasteiger partial charge in [0.05, 0.1) is 5.52 Å². The van der Waals surface area contributed by atoms with Crippen LogP contribution in [0.25, 0.3) is 21.8 Å². The summed E-state index contributed by atoms with van der Waals surface area (Å²) in [7, 11) is 0. The fourth-order valence-corrected chi connectivity index (χ4v) is 3.30. The standard InChI is InChI=1S/C23H24N3O2/c27-18(15-24-13-14-25-17-7-2-1-3-8-17)16-28-22-12-6-11-21-23(22)19-9-4-5-10-20(19)26-21/h2-12,18,24-27H,13-16H2. The maximum atomic E-state index is 10.2. The van der Waals surface area contributed by atoms with Gasteiger partial charge in [0.25, 0.3) is 0 Å². The number of aromatic nitrogens is 1. The lowest BCUT2D eigenvalue weighted by Crippen LogP contribution is -2.34. The predicted octanol–water partition coefficient (Wildman–Crippen LogP) is 3.56. The van der Waals surface area contributed by atoms with Crippen molar-refractivity contribution in [2.45, 2.75) is 6.10 Å². The third-order valence-corrected chi connectivity index (χ3v) is 4.65. The lowest BCUT2D eigenvalue weighted by molar-refractivity contribution is 0.108. The Balaban J connectivity index is 1.27. The molecular formula is C23H24N3O2. The fraction of sp³-hybridized carbons (Fsp3) is 0.217. The van der Waals surface area contributed by atoms with E-state index >= 15 is 0 Å². The number of anilines is 1. The molecule has 143 valence electrons. The Kier molecular flexibility index (Phi) is 5.75. The molecule has 4 aromatic rings. The number of hydrogen-bond donors (Lipinski definition) is 4. The molecule has 0 aliphatic heterocycles. The Hall–Kier alpha value is -3.02. The van der Waals surface area contributed by atoms with E-state index in [9.17, 15) is 5.11 Å². The molecule has 28 heavy (non-hydrogen) atoms. The second-order valence-corrected chi connectivity index (χ2v) is 6.73. The van der Waals surface area contributed by atoms with Crippen LogP contribution in [-0.2, 0) is 0 Å². The molecule has 5 heteroatoms. The average molecular weight is 374 g/mol. The zero-order chi connectivity index (χ0) is 19.2. The lowest BCUT2D eigenvalue weighted by Gasteiger charge is -2.14. The Labute approximate surface area is 164 Å². The minimum absolute atomic E-state index is 0.244. The van der Waals surface area contributed by atoms with Crippen LogP contribution < -0.4 is 15.4 Å². The molecule has 0 spiro atoms. The monoisotopic (exact) mass is 374 g/mol. The van der Waals surface area contributed by atoms with Gasteiger partial charge in [-0.3, -0.25) is 0 Å². The van der Waals surface area contributed by atoms with E-state index in [-0.39, 0.29) is 6.61 Å². The van der Waals surface area contributed by atoms with Crippen molar-refractivity contribution < 1.29 is 9.84 Å². The highest BCUT2D eigenvalue weighted by Gasteiger charge is 2.11. The number of benzene rings is 3.